The Kier molecular flexibility index (Phi) is 3.87. The predicted octanol–water partition coefficient (Wildman–Crippen LogP) is 1.12. The standard InChI is InChI=1S/C15H16N6O3/c1-22-10-5-4-8(12(23-2)13(10)24-3)11-9(6-16)14(17)21-15(20-11)18-7-19-21/h4-5,7,11H,17H2,1-3H3,(H,18,19,20)/t11-/m1/s1. The van der Waals surface area contributed by atoms with Crippen LogP contribution < -0.4 is 25.3 Å². The van der Waals surface area contributed by atoms with Gasteiger partial charge in [-0.25, -0.2) is 0 Å². The molecule has 2 heterocycles. The molecule has 0 unspecified atom stereocenters. The van der Waals surface area contributed by atoms with E-state index >= 15 is 0 Å². The molecule has 3 rings (SSSR count). The van der Waals surface area contributed by atoms with Crippen molar-refractivity contribution in [2.24, 2.45) is 5.73 Å². The molecule has 0 fully saturated rings. The molecule has 0 amide bonds. The molecule has 0 spiro atoms. The first-order valence-electron chi connectivity index (χ1n) is 7.01. The van der Waals surface area contributed by atoms with E-state index in [4.69, 9.17) is 19.9 Å². The average molecular weight is 328 g/mol. The first-order valence-corrected chi connectivity index (χ1v) is 7.01. The molecule has 24 heavy (non-hydrogen) atoms. The molecule has 1 aromatic heterocycles. The number of nitriles is 1. The molecule has 0 bridgehead atoms. The molecule has 0 saturated carbocycles. The third kappa shape index (κ3) is 2.16. The Morgan fingerprint density at radius 1 is 1.21 bits per heavy atom. The maximum absolute atomic E-state index is 9.56. The number of aromatic nitrogens is 3. The van der Waals surface area contributed by atoms with Gasteiger partial charge in [-0.2, -0.15) is 20.0 Å². The predicted molar refractivity (Wildman–Crippen MR) is 85.5 cm³/mol. The summed E-state index contributed by atoms with van der Waals surface area (Å²) in [5.74, 6) is 2.05. The largest absolute Gasteiger partial charge is 0.493 e. The van der Waals surface area contributed by atoms with Crippen LogP contribution in [0.3, 0.4) is 0 Å². The van der Waals surface area contributed by atoms with Crippen LogP contribution in [0.5, 0.6) is 17.2 Å². The molecule has 3 N–H and O–H groups in total. The number of fused-ring (bicyclic) bond motifs is 1. The number of hydrogen-bond donors (Lipinski definition) is 2. The summed E-state index contributed by atoms with van der Waals surface area (Å²) in [6.07, 6.45) is 1.36. The molecule has 0 aliphatic carbocycles. The van der Waals surface area contributed by atoms with Crippen LogP contribution >= 0.6 is 0 Å². The van der Waals surface area contributed by atoms with Gasteiger partial charge in [-0.05, 0) is 12.1 Å². The number of anilines is 1. The highest BCUT2D eigenvalue weighted by Gasteiger charge is 2.32. The number of rotatable bonds is 4. The number of hydrogen-bond acceptors (Lipinski definition) is 8. The molecule has 1 atom stereocenters. The van der Waals surface area contributed by atoms with Gasteiger partial charge in [-0.1, -0.05) is 0 Å². The van der Waals surface area contributed by atoms with Crippen molar-refractivity contribution in [3.8, 4) is 23.3 Å². The van der Waals surface area contributed by atoms with E-state index < -0.39 is 6.04 Å². The maximum Gasteiger partial charge on any atom is 0.228 e. The van der Waals surface area contributed by atoms with Crippen LogP contribution in [0, 0.1) is 11.3 Å². The smallest absolute Gasteiger partial charge is 0.228 e. The summed E-state index contributed by atoms with van der Waals surface area (Å²) in [5.41, 5.74) is 7.05. The molecule has 0 radical (unpaired) electrons. The minimum absolute atomic E-state index is 0.214. The van der Waals surface area contributed by atoms with Crippen molar-refractivity contribution < 1.29 is 14.2 Å². The fraction of sp³-hybridized carbons (Fsp3) is 0.267. The van der Waals surface area contributed by atoms with E-state index in [9.17, 15) is 5.26 Å². The second-order valence-corrected chi connectivity index (χ2v) is 4.91. The van der Waals surface area contributed by atoms with E-state index in [1.807, 2.05) is 0 Å². The Morgan fingerprint density at radius 3 is 2.58 bits per heavy atom. The van der Waals surface area contributed by atoms with Gasteiger partial charge in [0, 0.05) is 5.56 Å². The van der Waals surface area contributed by atoms with Crippen molar-refractivity contribution in [1.82, 2.24) is 14.8 Å². The van der Waals surface area contributed by atoms with Gasteiger partial charge in [0.05, 0.1) is 32.9 Å². The highest BCUT2D eigenvalue weighted by atomic mass is 16.5. The van der Waals surface area contributed by atoms with E-state index in [0.717, 1.165) is 0 Å². The highest BCUT2D eigenvalue weighted by molar-refractivity contribution is 5.68. The lowest BCUT2D eigenvalue weighted by Crippen LogP contribution is -2.27. The normalized spacial score (nSPS) is 16.0. The lowest BCUT2D eigenvalue weighted by atomic mass is 9.96. The van der Waals surface area contributed by atoms with E-state index in [1.54, 1.807) is 12.1 Å². The Balaban J connectivity index is 2.19. The summed E-state index contributed by atoms with van der Waals surface area (Å²) >= 11 is 0. The Labute approximate surface area is 138 Å². The Hall–Kier alpha value is -3.41. The van der Waals surface area contributed by atoms with Crippen LogP contribution in [-0.4, -0.2) is 36.1 Å². The van der Waals surface area contributed by atoms with Gasteiger partial charge in [0.25, 0.3) is 0 Å². The third-order valence-corrected chi connectivity index (χ3v) is 3.78. The van der Waals surface area contributed by atoms with Crippen molar-refractivity contribution in [2.45, 2.75) is 6.04 Å². The molecule has 1 aromatic carbocycles. The van der Waals surface area contributed by atoms with Gasteiger partial charge >= 0.3 is 0 Å². The molecule has 9 nitrogen and oxygen atoms in total. The first kappa shape index (κ1) is 15.5. The molecular weight excluding hydrogens is 312 g/mol. The Morgan fingerprint density at radius 2 is 1.96 bits per heavy atom. The number of nitrogens with zero attached hydrogens (tertiary/aromatic N) is 4. The molecular formula is C15H16N6O3. The molecule has 0 saturated heterocycles. The van der Waals surface area contributed by atoms with E-state index in [2.05, 4.69) is 21.5 Å². The summed E-state index contributed by atoms with van der Waals surface area (Å²) in [7, 11) is 4.58. The third-order valence-electron chi connectivity index (χ3n) is 3.78. The van der Waals surface area contributed by atoms with Gasteiger partial charge in [0.15, 0.2) is 11.5 Å². The molecule has 2 aromatic rings. The minimum atomic E-state index is -0.554. The fourth-order valence-electron chi connectivity index (χ4n) is 2.69. The summed E-state index contributed by atoms with van der Waals surface area (Å²) in [4.78, 5) is 4.10. The fourth-order valence-corrected chi connectivity index (χ4v) is 2.69. The molecule has 1 aliphatic rings. The van der Waals surface area contributed by atoms with Crippen LogP contribution in [0.1, 0.15) is 11.6 Å². The quantitative estimate of drug-likeness (QED) is 0.856. The van der Waals surface area contributed by atoms with Crippen molar-refractivity contribution >= 4 is 11.8 Å². The number of benzene rings is 1. The van der Waals surface area contributed by atoms with Crippen LogP contribution in [0.15, 0.2) is 24.0 Å². The zero-order valence-electron chi connectivity index (χ0n) is 13.4. The highest BCUT2D eigenvalue weighted by Crippen LogP contribution is 2.45. The summed E-state index contributed by atoms with van der Waals surface area (Å²) in [5, 5.41) is 16.7. The monoisotopic (exact) mass is 328 g/mol. The summed E-state index contributed by atoms with van der Waals surface area (Å²) in [6.45, 7) is 0. The summed E-state index contributed by atoms with van der Waals surface area (Å²) < 4.78 is 17.6. The molecule has 124 valence electrons. The first-order chi connectivity index (χ1) is 11.7. The average Bonchev–Trinajstić information content (AvgIpc) is 3.09. The zero-order valence-corrected chi connectivity index (χ0v) is 13.4. The molecule has 9 heteroatoms. The van der Waals surface area contributed by atoms with Gasteiger partial charge in [0.1, 0.15) is 18.2 Å². The van der Waals surface area contributed by atoms with Gasteiger partial charge in [-0.15, -0.1) is 0 Å². The SMILES string of the molecule is COc1ccc([C@H]2Nc3ncnn3C(N)=C2C#N)c(OC)c1OC. The van der Waals surface area contributed by atoms with Crippen LogP contribution in [-0.2, 0) is 0 Å². The van der Waals surface area contributed by atoms with Gasteiger partial charge in [-0.3, -0.25) is 0 Å². The van der Waals surface area contributed by atoms with E-state index in [1.165, 1.54) is 32.3 Å². The van der Waals surface area contributed by atoms with Crippen molar-refractivity contribution in [3.63, 3.8) is 0 Å². The lowest BCUT2D eigenvalue weighted by Gasteiger charge is -2.27. The summed E-state index contributed by atoms with van der Waals surface area (Å²) in [6, 6.07) is 5.10. The second-order valence-electron chi connectivity index (χ2n) is 4.91. The van der Waals surface area contributed by atoms with E-state index in [0.29, 0.717) is 34.3 Å². The maximum atomic E-state index is 9.56. The van der Waals surface area contributed by atoms with E-state index in [-0.39, 0.29) is 5.82 Å². The minimum Gasteiger partial charge on any atom is -0.493 e. The Bertz CT molecular complexity index is 851. The van der Waals surface area contributed by atoms with Gasteiger partial charge < -0.3 is 25.3 Å². The lowest BCUT2D eigenvalue weighted by molar-refractivity contribution is 0.321. The second kappa shape index (κ2) is 6.00. The van der Waals surface area contributed by atoms with Crippen molar-refractivity contribution in [3.05, 3.63) is 29.6 Å². The van der Waals surface area contributed by atoms with Crippen LogP contribution in [0.2, 0.25) is 0 Å². The zero-order chi connectivity index (χ0) is 17.3. The number of nitrogens with one attached hydrogen (secondary N) is 1. The topological polar surface area (TPSA) is 120 Å². The van der Waals surface area contributed by atoms with Gasteiger partial charge in [0.2, 0.25) is 11.7 Å². The number of nitrogens with two attached hydrogens (primary N) is 1. The molecule has 1 aliphatic heterocycles. The number of ether oxygens (including phenoxy) is 3. The van der Waals surface area contributed by atoms with Crippen molar-refractivity contribution in [2.75, 3.05) is 26.6 Å². The van der Waals surface area contributed by atoms with Crippen LogP contribution in [0.4, 0.5) is 5.95 Å². The van der Waals surface area contributed by atoms with Crippen molar-refractivity contribution in [1.29, 1.82) is 5.26 Å². The van der Waals surface area contributed by atoms with Crippen LogP contribution in [0.25, 0.3) is 5.82 Å². The number of methoxy groups -OCH3 is 3.